The number of rotatable bonds is 9. The molecule has 0 atom stereocenters. The fourth-order valence-electron chi connectivity index (χ4n) is 3.92. The number of carboxylic acids is 2. The fourth-order valence-corrected chi connectivity index (χ4v) is 3.92. The average Bonchev–Trinajstić information content (AvgIpc) is 2.86. The van der Waals surface area contributed by atoms with Crippen LogP contribution in [-0.4, -0.2) is 59.1 Å². The number of carbonyl (C=O) groups is 3. The van der Waals surface area contributed by atoms with Crippen LogP contribution in [0.5, 0.6) is 0 Å². The quantitative estimate of drug-likeness (QED) is 0.517. The predicted molar refractivity (Wildman–Crippen MR) is 133 cm³/mol. The summed E-state index contributed by atoms with van der Waals surface area (Å²) >= 11 is 0. The third-order valence-corrected chi connectivity index (χ3v) is 5.79. The molecular formula is C27H33FN2O5. The van der Waals surface area contributed by atoms with Crippen LogP contribution in [-0.2, 0) is 20.8 Å². The number of halogens is 1. The van der Waals surface area contributed by atoms with Gasteiger partial charge in [0.25, 0.3) is 0 Å². The molecule has 3 rings (SSSR count). The van der Waals surface area contributed by atoms with Crippen molar-refractivity contribution in [1.29, 1.82) is 0 Å². The van der Waals surface area contributed by atoms with Crippen molar-refractivity contribution >= 4 is 23.5 Å². The average molecular weight is 485 g/mol. The van der Waals surface area contributed by atoms with Crippen LogP contribution in [0.25, 0.3) is 0 Å². The Kier molecular flexibility index (Phi) is 11.6. The molecule has 1 amide bonds. The topological polar surface area (TPSA) is 98.2 Å². The number of piperidine rings is 1. The maximum absolute atomic E-state index is 13.3. The summed E-state index contributed by atoms with van der Waals surface area (Å²) in [5.74, 6) is -1.95. The number of nitrogens with zero attached hydrogens (tertiary/aromatic N) is 2. The molecule has 0 radical (unpaired) electrons. The third kappa shape index (κ3) is 10.5. The summed E-state index contributed by atoms with van der Waals surface area (Å²) in [6.07, 6.45) is 4.73. The minimum Gasteiger partial charge on any atom is -0.478 e. The molecule has 2 aromatic carbocycles. The van der Waals surface area contributed by atoms with Crippen molar-refractivity contribution in [3.63, 3.8) is 0 Å². The van der Waals surface area contributed by atoms with Gasteiger partial charge in [0.15, 0.2) is 0 Å². The number of para-hydroxylation sites is 1. The summed E-state index contributed by atoms with van der Waals surface area (Å²) in [7, 11) is 0. The van der Waals surface area contributed by atoms with Crippen molar-refractivity contribution in [3.05, 3.63) is 78.1 Å². The van der Waals surface area contributed by atoms with Crippen LogP contribution < -0.4 is 4.90 Å². The summed E-state index contributed by atoms with van der Waals surface area (Å²) in [5, 5.41) is 15.6. The Bertz CT molecular complexity index is 972. The lowest BCUT2D eigenvalue weighted by atomic mass is 9.95. The second-order valence-corrected chi connectivity index (χ2v) is 8.37. The lowest BCUT2D eigenvalue weighted by Gasteiger charge is -2.35. The van der Waals surface area contributed by atoms with Gasteiger partial charge in [0.1, 0.15) is 5.82 Å². The third-order valence-electron chi connectivity index (χ3n) is 5.79. The minimum absolute atomic E-state index is 0.159. The van der Waals surface area contributed by atoms with Gasteiger partial charge < -0.3 is 20.0 Å². The van der Waals surface area contributed by atoms with Crippen molar-refractivity contribution in [2.45, 2.75) is 32.6 Å². The Morgan fingerprint density at radius 3 is 2.17 bits per heavy atom. The smallest absolute Gasteiger partial charge is 0.328 e. The van der Waals surface area contributed by atoms with Crippen molar-refractivity contribution in [2.24, 2.45) is 5.92 Å². The molecule has 0 bridgehead atoms. The van der Waals surface area contributed by atoms with E-state index in [0.717, 1.165) is 56.7 Å². The number of carbonyl (C=O) groups excluding carboxylic acids is 1. The van der Waals surface area contributed by atoms with E-state index in [1.54, 1.807) is 12.1 Å². The number of aliphatic carboxylic acids is 2. The van der Waals surface area contributed by atoms with Gasteiger partial charge >= 0.3 is 11.9 Å². The van der Waals surface area contributed by atoms with E-state index in [2.05, 4.69) is 4.90 Å². The van der Waals surface area contributed by atoms with Gasteiger partial charge in [-0.1, -0.05) is 37.3 Å². The van der Waals surface area contributed by atoms with Gasteiger partial charge in [-0.05, 0) is 68.1 Å². The van der Waals surface area contributed by atoms with Gasteiger partial charge in [0.05, 0.1) is 0 Å². The number of hydrogen-bond acceptors (Lipinski definition) is 4. The van der Waals surface area contributed by atoms with Crippen LogP contribution >= 0.6 is 0 Å². The molecule has 188 valence electrons. The first kappa shape index (κ1) is 27.7. The van der Waals surface area contributed by atoms with E-state index in [-0.39, 0.29) is 11.7 Å². The molecule has 35 heavy (non-hydrogen) atoms. The number of carboxylic acid groups (broad SMARTS) is 2. The van der Waals surface area contributed by atoms with E-state index in [1.807, 2.05) is 48.2 Å². The summed E-state index contributed by atoms with van der Waals surface area (Å²) in [6.45, 7) is 5.78. The monoisotopic (exact) mass is 484 g/mol. The summed E-state index contributed by atoms with van der Waals surface area (Å²) < 4.78 is 13.3. The number of likely N-dealkylation sites (tertiary alicyclic amines) is 1. The van der Waals surface area contributed by atoms with Crippen LogP contribution in [0.15, 0.2) is 66.7 Å². The summed E-state index contributed by atoms with van der Waals surface area (Å²) in [5.41, 5.74) is 2.05. The summed E-state index contributed by atoms with van der Waals surface area (Å²) in [4.78, 5) is 35.9. The van der Waals surface area contributed by atoms with E-state index in [9.17, 15) is 18.8 Å². The van der Waals surface area contributed by atoms with Gasteiger partial charge in [-0.2, -0.15) is 0 Å². The Balaban J connectivity index is 0.000000466. The first-order valence-electron chi connectivity index (χ1n) is 11.7. The van der Waals surface area contributed by atoms with Crippen LogP contribution in [0.2, 0.25) is 0 Å². The second kappa shape index (κ2) is 14.7. The number of hydrogen-bond donors (Lipinski definition) is 2. The first-order chi connectivity index (χ1) is 16.8. The SMILES string of the molecule is CCC(=O)N(CC1CCN(CCc2cccc(F)c2)CC1)c1ccccc1.O=C(O)/C=C/C(=O)O. The second-order valence-electron chi connectivity index (χ2n) is 8.37. The van der Waals surface area contributed by atoms with Crippen LogP contribution in [0.1, 0.15) is 31.7 Å². The van der Waals surface area contributed by atoms with E-state index >= 15 is 0 Å². The van der Waals surface area contributed by atoms with E-state index < -0.39 is 11.9 Å². The Morgan fingerprint density at radius 1 is 1.00 bits per heavy atom. The highest BCUT2D eigenvalue weighted by Crippen LogP contribution is 2.23. The van der Waals surface area contributed by atoms with Crippen molar-refractivity contribution in [1.82, 2.24) is 4.90 Å². The van der Waals surface area contributed by atoms with Gasteiger partial charge in [0.2, 0.25) is 5.91 Å². The molecule has 0 aromatic heterocycles. The Morgan fingerprint density at radius 2 is 1.63 bits per heavy atom. The summed E-state index contributed by atoms with van der Waals surface area (Å²) in [6, 6.07) is 16.9. The molecule has 0 spiro atoms. The molecule has 2 aromatic rings. The highest BCUT2D eigenvalue weighted by molar-refractivity contribution is 5.93. The molecule has 1 heterocycles. The normalized spacial score (nSPS) is 14.2. The van der Waals surface area contributed by atoms with Crippen molar-refractivity contribution < 1.29 is 29.0 Å². The molecule has 1 aliphatic heterocycles. The van der Waals surface area contributed by atoms with Crippen LogP contribution in [0.3, 0.4) is 0 Å². The van der Waals surface area contributed by atoms with E-state index in [4.69, 9.17) is 10.2 Å². The largest absolute Gasteiger partial charge is 0.478 e. The highest BCUT2D eigenvalue weighted by atomic mass is 19.1. The molecule has 1 aliphatic rings. The molecule has 0 unspecified atom stereocenters. The lowest BCUT2D eigenvalue weighted by Crippen LogP contribution is -2.41. The number of anilines is 1. The zero-order valence-corrected chi connectivity index (χ0v) is 20.0. The first-order valence-corrected chi connectivity index (χ1v) is 11.7. The molecule has 1 fully saturated rings. The molecule has 2 N–H and O–H groups in total. The van der Waals surface area contributed by atoms with Gasteiger partial charge in [-0.25, -0.2) is 14.0 Å². The predicted octanol–water partition coefficient (Wildman–Crippen LogP) is 4.24. The Hall–Kier alpha value is -3.52. The molecule has 1 saturated heterocycles. The van der Waals surface area contributed by atoms with Crippen molar-refractivity contribution in [3.8, 4) is 0 Å². The van der Waals surface area contributed by atoms with Crippen LogP contribution in [0.4, 0.5) is 10.1 Å². The van der Waals surface area contributed by atoms with Gasteiger partial charge in [-0.15, -0.1) is 0 Å². The maximum atomic E-state index is 13.3. The zero-order valence-electron chi connectivity index (χ0n) is 20.0. The minimum atomic E-state index is -1.26. The molecule has 0 saturated carbocycles. The molecular weight excluding hydrogens is 451 g/mol. The zero-order chi connectivity index (χ0) is 25.6. The highest BCUT2D eigenvalue weighted by Gasteiger charge is 2.24. The van der Waals surface area contributed by atoms with E-state index in [1.165, 1.54) is 6.07 Å². The maximum Gasteiger partial charge on any atom is 0.328 e. The van der Waals surface area contributed by atoms with Gasteiger partial charge in [-0.3, -0.25) is 4.79 Å². The Labute approximate surface area is 205 Å². The fraction of sp³-hybridized carbons (Fsp3) is 0.370. The molecule has 7 nitrogen and oxygen atoms in total. The van der Waals surface area contributed by atoms with Crippen molar-refractivity contribution in [2.75, 3.05) is 31.1 Å². The van der Waals surface area contributed by atoms with E-state index in [0.29, 0.717) is 24.5 Å². The van der Waals surface area contributed by atoms with Gasteiger partial charge in [0, 0.05) is 37.3 Å². The molecule has 0 aliphatic carbocycles. The number of amides is 1. The van der Waals surface area contributed by atoms with Crippen LogP contribution in [0, 0.1) is 11.7 Å². The molecule has 8 heteroatoms. The lowest BCUT2D eigenvalue weighted by molar-refractivity contribution is -0.134. The number of benzene rings is 2. The standard InChI is InChI=1S/C23H29FN2O.C4H4O4/c1-2-23(27)26(22-9-4-3-5-10-22)18-20-12-15-25(16-13-20)14-11-19-7-6-8-21(24)17-19;5-3(6)1-2-4(7)8/h3-10,17,20H,2,11-16,18H2,1H3;1-2H,(H,5,6)(H,7,8)/b;2-1+.